The van der Waals surface area contributed by atoms with E-state index in [4.69, 9.17) is 0 Å². The van der Waals surface area contributed by atoms with E-state index in [-0.39, 0.29) is 11.7 Å². The van der Waals surface area contributed by atoms with Crippen LogP contribution >= 0.6 is 0 Å². The lowest BCUT2D eigenvalue weighted by atomic mass is 9.83. The van der Waals surface area contributed by atoms with Crippen LogP contribution < -0.4 is 0 Å². The van der Waals surface area contributed by atoms with Gasteiger partial charge in [0.2, 0.25) is 5.91 Å². The Morgan fingerprint density at radius 1 is 1.22 bits per heavy atom. The fraction of sp³-hybridized carbons (Fsp3) is 0.400. The summed E-state index contributed by atoms with van der Waals surface area (Å²) in [6.07, 6.45) is 3.05. The number of hydrogen-bond acceptors (Lipinski definition) is 1. The number of benzene rings is 1. The van der Waals surface area contributed by atoms with Crippen LogP contribution in [-0.4, -0.2) is 17.4 Å². The molecule has 0 atom stereocenters. The first-order chi connectivity index (χ1) is 8.70. The minimum absolute atomic E-state index is 0.169. The molecular formula is C15H16FNO. The number of hydrogen-bond donors (Lipinski definition) is 0. The zero-order chi connectivity index (χ0) is 12.7. The summed E-state index contributed by atoms with van der Waals surface area (Å²) >= 11 is 0. The lowest BCUT2D eigenvalue weighted by molar-refractivity contribution is -0.129. The maximum atomic E-state index is 13.2. The number of carbonyl (C=O) groups is 1. The Bertz CT molecular complexity index is 547. The second kappa shape index (κ2) is 4.23. The topological polar surface area (TPSA) is 20.3 Å². The molecule has 0 bridgehead atoms. The van der Waals surface area contributed by atoms with Crippen molar-refractivity contribution in [3.05, 3.63) is 40.8 Å². The molecule has 2 nitrogen and oxygen atoms in total. The Balaban J connectivity index is 2.12. The van der Waals surface area contributed by atoms with Gasteiger partial charge in [0.15, 0.2) is 0 Å². The van der Waals surface area contributed by atoms with Gasteiger partial charge in [-0.25, -0.2) is 4.39 Å². The van der Waals surface area contributed by atoms with Gasteiger partial charge < -0.3 is 4.90 Å². The van der Waals surface area contributed by atoms with Crippen molar-refractivity contribution in [3.63, 3.8) is 0 Å². The first-order valence-electron chi connectivity index (χ1n) is 6.52. The van der Waals surface area contributed by atoms with Crippen molar-refractivity contribution in [1.82, 2.24) is 4.90 Å². The minimum Gasteiger partial charge on any atom is -0.316 e. The standard InChI is InChI=1S/C15H16FNO/c1-2-17-14-7-3-10-9-11(16)4-5-12(10)13(14)6-8-15(17)18/h4-5,9H,2-3,6-8H2,1H3. The van der Waals surface area contributed by atoms with Crippen LogP contribution in [0.25, 0.3) is 5.57 Å². The molecule has 0 saturated heterocycles. The van der Waals surface area contributed by atoms with Crippen LogP contribution in [0.15, 0.2) is 23.9 Å². The first-order valence-corrected chi connectivity index (χ1v) is 6.52. The monoisotopic (exact) mass is 245 g/mol. The average Bonchev–Trinajstić information content (AvgIpc) is 2.37. The third-order valence-corrected chi connectivity index (χ3v) is 3.90. The van der Waals surface area contributed by atoms with Crippen LogP contribution in [0, 0.1) is 5.82 Å². The molecular weight excluding hydrogens is 229 g/mol. The second-order valence-corrected chi connectivity index (χ2v) is 4.86. The summed E-state index contributed by atoms with van der Waals surface area (Å²) in [6.45, 7) is 2.74. The van der Waals surface area contributed by atoms with E-state index in [1.54, 1.807) is 6.07 Å². The zero-order valence-electron chi connectivity index (χ0n) is 10.5. The van der Waals surface area contributed by atoms with Crippen LogP contribution in [0.1, 0.15) is 37.3 Å². The molecule has 0 radical (unpaired) electrons. The maximum Gasteiger partial charge on any atom is 0.227 e. The van der Waals surface area contributed by atoms with E-state index in [0.29, 0.717) is 6.42 Å². The fourth-order valence-corrected chi connectivity index (χ4v) is 3.08. The van der Waals surface area contributed by atoms with E-state index in [2.05, 4.69) is 0 Å². The molecule has 0 spiro atoms. The van der Waals surface area contributed by atoms with Gasteiger partial charge in [-0.1, -0.05) is 6.07 Å². The number of aryl methyl sites for hydroxylation is 1. The summed E-state index contributed by atoms with van der Waals surface area (Å²) in [7, 11) is 0. The van der Waals surface area contributed by atoms with Gasteiger partial charge >= 0.3 is 0 Å². The summed E-state index contributed by atoms with van der Waals surface area (Å²) in [6, 6.07) is 5.01. The van der Waals surface area contributed by atoms with Crippen LogP contribution in [0.3, 0.4) is 0 Å². The highest BCUT2D eigenvalue weighted by Gasteiger charge is 2.29. The van der Waals surface area contributed by atoms with E-state index >= 15 is 0 Å². The van der Waals surface area contributed by atoms with E-state index < -0.39 is 0 Å². The Labute approximate surface area is 106 Å². The number of allylic oxidation sites excluding steroid dienone is 2. The van der Waals surface area contributed by atoms with E-state index in [0.717, 1.165) is 42.6 Å². The SMILES string of the molecule is CCN1C(=O)CCC2=C1CCc1cc(F)ccc12. The Hall–Kier alpha value is -1.64. The number of fused-ring (bicyclic) bond motifs is 2. The molecule has 0 fully saturated rings. The normalized spacial score (nSPS) is 18.8. The zero-order valence-corrected chi connectivity index (χ0v) is 10.5. The molecule has 0 saturated carbocycles. The van der Waals surface area contributed by atoms with E-state index in [9.17, 15) is 9.18 Å². The molecule has 0 N–H and O–H groups in total. The van der Waals surface area contributed by atoms with Crippen LogP contribution in [0.4, 0.5) is 4.39 Å². The van der Waals surface area contributed by atoms with Crippen molar-refractivity contribution in [2.24, 2.45) is 0 Å². The van der Waals surface area contributed by atoms with Crippen molar-refractivity contribution in [3.8, 4) is 0 Å². The molecule has 2 aliphatic rings. The van der Waals surface area contributed by atoms with Gasteiger partial charge in [-0.3, -0.25) is 4.79 Å². The smallest absolute Gasteiger partial charge is 0.227 e. The largest absolute Gasteiger partial charge is 0.316 e. The molecule has 3 rings (SSSR count). The fourth-order valence-electron chi connectivity index (χ4n) is 3.08. The predicted octanol–water partition coefficient (Wildman–Crippen LogP) is 3.13. The molecule has 18 heavy (non-hydrogen) atoms. The lowest BCUT2D eigenvalue weighted by Crippen LogP contribution is -2.35. The highest BCUT2D eigenvalue weighted by molar-refractivity contribution is 5.88. The van der Waals surface area contributed by atoms with Crippen molar-refractivity contribution < 1.29 is 9.18 Å². The first kappa shape index (κ1) is 11.5. The summed E-state index contributed by atoms with van der Waals surface area (Å²) in [5.74, 6) is 0.0545. The van der Waals surface area contributed by atoms with Crippen molar-refractivity contribution in [2.75, 3.05) is 6.54 Å². The van der Waals surface area contributed by atoms with Gasteiger partial charge in [0.05, 0.1) is 0 Å². The number of halogens is 1. The van der Waals surface area contributed by atoms with Crippen LogP contribution in [-0.2, 0) is 11.2 Å². The highest BCUT2D eigenvalue weighted by Crippen LogP contribution is 2.39. The third-order valence-electron chi connectivity index (χ3n) is 3.90. The van der Waals surface area contributed by atoms with Crippen molar-refractivity contribution in [2.45, 2.75) is 32.6 Å². The van der Waals surface area contributed by atoms with Crippen LogP contribution in [0.5, 0.6) is 0 Å². The Morgan fingerprint density at radius 3 is 2.83 bits per heavy atom. The number of nitrogens with zero attached hydrogens (tertiary/aromatic N) is 1. The van der Waals surface area contributed by atoms with E-state index in [1.165, 1.54) is 11.6 Å². The Morgan fingerprint density at radius 2 is 2.06 bits per heavy atom. The quantitative estimate of drug-likeness (QED) is 0.744. The van der Waals surface area contributed by atoms with E-state index in [1.807, 2.05) is 17.9 Å². The van der Waals surface area contributed by atoms with Crippen molar-refractivity contribution >= 4 is 11.5 Å². The summed E-state index contributed by atoms with van der Waals surface area (Å²) < 4.78 is 13.2. The highest BCUT2D eigenvalue weighted by atomic mass is 19.1. The number of amides is 1. The molecule has 1 heterocycles. The molecule has 1 aromatic carbocycles. The van der Waals surface area contributed by atoms with Gasteiger partial charge in [0, 0.05) is 18.7 Å². The van der Waals surface area contributed by atoms with Gasteiger partial charge in [0.25, 0.3) is 0 Å². The summed E-state index contributed by atoms with van der Waals surface area (Å²) in [5.41, 5.74) is 4.63. The average molecular weight is 245 g/mol. The summed E-state index contributed by atoms with van der Waals surface area (Å²) in [4.78, 5) is 13.8. The van der Waals surface area contributed by atoms with Gasteiger partial charge in [-0.15, -0.1) is 0 Å². The maximum absolute atomic E-state index is 13.2. The molecule has 94 valence electrons. The molecule has 1 aliphatic heterocycles. The summed E-state index contributed by atoms with van der Waals surface area (Å²) in [5, 5.41) is 0. The number of carbonyl (C=O) groups excluding carboxylic acids is 1. The van der Waals surface area contributed by atoms with Gasteiger partial charge in [-0.05, 0) is 55.0 Å². The van der Waals surface area contributed by atoms with Gasteiger partial charge in [0.1, 0.15) is 5.82 Å². The predicted molar refractivity (Wildman–Crippen MR) is 68.3 cm³/mol. The minimum atomic E-state index is -0.169. The third kappa shape index (κ3) is 1.65. The molecule has 3 heteroatoms. The lowest BCUT2D eigenvalue weighted by Gasteiger charge is -2.35. The van der Waals surface area contributed by atoms with Gasteiger partial charge in [-0.2, -0.15) is 0 Å². The molecule has 0 unspecified atom stereocenters. The second-order valence-electron chi connectivity index (χ2n) is 4.86. The number of rotatable bonds is 1. The van der Waals surface area contributed by atoms with Crippen LogP contribution in [0.2, 0.25) is 0 Å². The molecule has 1 amide bonds. The molecule has 1 aliphatic carbocycles. The molecule has 0 aromatic heterocycles. The molecule has 1 aromatic rings. The Kier molecular flexibility index (Phi) is 2.69. The van der Waals surface area contributed by atoms with Crippen molar-refractivity contribution in [1.29, 1.82) is 0 Å².